The van der Waals surface area contributed by atoms with E-state index in [-0.39, 0.29) is 39.5 Å². The predicted molar refractivity (Wildman–Crippen MR) is 107 cm³/mol. The molecule has 0 aromatic carbocycles. The minimum Gasteiger partial charge on any atom is -0.396 e. The number of hydrogen-bond acceptors (Lipinski definition) is 6. The third-order valence-electron chi connectivity index (χ3n) is 4.75. The van der Waals surface area contributed by atoms with Crippen molar-refractivity contribution in [1.82, 2.24) is 13.7 Å². The Morgan fingerprint density at radius 1 is 0.429 bits per heavy atom. The van der Waals surface area contributed by atoms with Crippen LogP contribution in [0.3, 0.4) is 0 Å². The summed E-state index contributed by atoms with van der Waals surface area (Å²) in [5.74, 6) is 0. The standard InChI is InChI=1S/C19H35N3O6/c23-14-8-2-1-5-11-20-17(26)21(12-6-3-9-15-24)19(28)22(18(20)27)13-7-4-10-16-25/h23-25H,1-16H2. The van der Waals surface area contributed by atoms with Crippen LogP contribution >= 0.6 is 0 Å². The summed E-state index contributed by atoms with van der Waals surface area (Å²) in [7, 11) is 0. The Balaban J connectivity index is 3.04. The lowest BCUT2D eigenvalue weighted by Crippen LogP contribution is -2.54. The van der Waals surface area contributed by atoms with Crippen LogP contribution in [0.15, 0.2) is 14.4 Å². The van der Waals surface area contributed by atoms with E-state index in [0.717, 1.165) is 26.5 Å². The fraction of sp³-hybridized carbons (Fsp3) is 0.842. The first-order valence-corrected chi connectivity index (χ1v) is 10.4. The van der Waals surface area contributed by atoms with Gasteiger partial charge in [-0.25, -0.2) is 28.1 Å². The van der Waals surface area contributed by atoms with Crippen LogP contribution in [-0.4, -0.2) is 48.8 Å². The van der Waals surface area contributed by atoms with Gasteiger partial charge >= 0.3 is 17.1 Å². The lowest BCUT2D eigenvalue weighted by Gasteiger charge is -2.14. The van der Waals surface area contributed by atoms with Gasteiger partial charge in [0, 0.05) is 39.5 Å². The fourth-order valence-electron chi connectivity index (χ4n) is 3.11. The number of unbranched alkanes of at least 4 members (excludes halogenated alkanes) is 7. The first-order chi connectivity index (χ1) is 13.6. The van der Waals surface area contributed by atoms with Crippen molar-refractivity contribution in [2.45, 2.75) is 83.8 Å². The van der Waals surface area contributed by atoms with Crippen LogP contribution in [0, 0.1) is 0 Å². The molecule has 9 nitrogen and oxygen atoms in total. The van der Waals surface area contributed by atoms with E-state index < -0.39 is 17.1 Å². The Morgan fingerprint density at radius 3 is 0.964 bits per heavy atom. The molecule has 0 atom stereocenters. The maximum atomic E-state index is 12.7. The fourth-order valence-corrected chi connectivity index (χ4v) is 3.11. The van der Waals surface area contributed by atoms with Crippen molar-refractivity contribution in [1.29, 1.82) is 0 Å². The van der Waals surface area contributed by atoms with E-state index in [9.17, 15) is 14.4 Å². The van der Waals surface area contributed by atoms with E-state index in [1.165, 1.54) is 0 Å². The molecule has 162 valence electrons. The van der Waals surface area contributed by atoms with E-state index in [1.807, 2.05) is 0 Å². The van der Waals surface area contributed by atoms with Gasteiger partial charge in [-0.05, 0) is 51.4 Å². The lowest BCUT2D eigenvalue weighted by atomic mass is 10.2. The summed E-state index contributed by atoms with van der Waals surface area (Å²) in [5, 5.41) is 26.6. The average Bonchev–Trinajstić information content (AvgIpc) is 2.69. The van der Waals surface area contributed by atoms with E-state index in [0.29, 0.717) is 51.4 Å². The molecule has 0 bridgehead atoms. The number of rotatable bonds is 16. The van der Waals surface area contributed by atoms with Crippen LogP contribution in [-0.2, 0) is 19.6 Å². The van der Waals surface area contributed by atoms with Crippen LogP contribution in [0.1, 0.15) is 64.2 Å². The van der Waals surface area contributed by atoms with E-state index >= 15 is 0 Å². The van der Waals surface area contributed by atoms with Gasteiger partial charge in [0.15, 0.2) is 0 Å². The summed E-state index contributed by atoms with van der Waals surface area (Å²) in [6.45, 7) is 0.947. The second-order valence-electron chi connectivity index (χ2n) is 7.01. The SMILES string of the molecule is O=c1n(CCCCCO)c(=O)n(CCCCCCO)c(=O)n1CCCCCO. The van der Waals surface area contributed by atoms with Gasteiger partial charge in [0.05, 0.1) is 0 Å². The molecule has 0 unspecified atom stereocenters. The highest BCUT2D eigenvalue weighted by Crippen LogP contribution is 2.00. The largest absolute Gasteiger partial charge is 0.396 e. The van der Waals surface area contributed by atoms with Gasteiger partial charge in [0.1, 0.15) is 0 Å². The van der Waals surface area contributed by atoms with E-state index in [1.54, 1.807) is 0 Å². The van der Waals surface area contributed by atoms with Crippen molar-refractivity contribution < 1.29 is 15.3 Å². The molecule has 0 spiro atoms. The number of aliphatic hydroxyl groups is 3. The Labute approximate surface area is 164 Å². The molecule has 0 fully saturated rings. The molecule has 0 aliphatic carbocycles. The van der Waals surface area contributed by atoms with Gasteiger partial charge in [0.2, 0.25) is 0 Å². The van der Waals surface area contributed by atoms with E-state index in [2.05, 4.69) is 0 Å². The zero-order valence-electron chi connectivity index (χ0n) is 16.7. The van der Waals surface area contributed by atoms with Crippen molar-refractivity contribution in [3.63, 3.8) is 0 Å². The minimum absolute atomic E-state index is 0.0668. The first kappa shape index (κ1) is 24.3. The summed E-state index contributed by atoms with van der Waals surface area (Å²) in [4.78, 5) is 38.1. The van der Waals surface area contributed by atoms with Crippen molar-refractivity contribution in [2.75, 3.05) is 19.8 Å². The first-order valence-electron chi connectivity index (χ1n) is 10.4. The summed E-state index contributed by atoms with van der Waals surface area (Å²) in [5.41, 5.74) is -1.74. The van der Waals surface area contributed by atoms with E-state index in [4.69, 9.17) is 15.3 Å². The molecule has 0 aliphatic heterocycles. The lowest BCUT2D eigenvalue weighted by molar-refractivity contribution is 0.279. The molecule has 9 heteroatoms. The third kappa shape index (κ3) is 7.73. The molecule has 1 rings (SSSR count). The minimum atomic E-state index is -0.584. The number of nitrogens with zero attached hydrogens (tertiary/aromatic N) is 3. The summed E-state index contributed by atoms with van der Waals surface area (Å²) in [6.07, 6.45) is 6.68. The monoisotopic (exact) mass is 401 g/mol. The molecule has 0 radical (unpaired) electrons. The molecule has 1 aromatic rings. The summed E-state index contributed by atoms with van der Waals surface area (Å²) < 4.78 is 3.38. The molecular weight excluding hydrogens is 366 g/mol. The molecule has 0 aliphatic rings. The number of hydrogen-bond donors (Lipinski definition) is 3. The molecule has 28 heavy (non-hydrogen) atoms. The van der Waals surface area contributed by atoms with Crippen molar-refractivity contribution >= 4 is 0 Å². The molecule has 1 aromatic heterocycles. The predicted octanol–water partition coefficient (Wildman–Crippen LogP) is 0.0496. The molecule has 0 saturated carbocycles. The van der Waals surface area contributed by atoms with Crippen molar-refractivity contribution in [3.05, 3.63) is 31.5 Å². The van der Waals surface area contributed by atoms with Gasteiger partial charge in [0.25, 0.3) is 0 Å². The Kier molecular flexibility index (Phi) is 12.4. The number of aromatic nitrogens is 3. The van der Waals surface area contributed by atoms with Gasteiger partial charge in [-0.2, -0.15) is 0 Å². The van der Waals surface area contributed by atoms with Crippen molar-refractivity contribution in [2.24, 2.45) is 0 Å². The molecule has 0 saturated heterocycles. The second kappa shape index (κ2) is 14.3. The topological polar surface area (TPSA) is 127 Å². The van der Waals surface area contributed by atoms with Crippen LogP contribution in [0.25, 0.3) is 0 Å². The van der Waals surface area contributed by atoms with Crippen molar-refractivity contribution in [3.8, 4) is 0 Å². The average molecular weight is 402 g/mol. The zero-order chi connectivity index (χ0) is 20.8. The number of aliphatic hydroxyl groups excluding tert-OH is 3. The maximum absolute atomic E-state index is 12.7. The second-order valence-corrected chi connectivity index (χ2v) is 7.01. The molecular formula is C19H35N3O6. The van der Waals surface area contributed by atoms with Crippen LogP contribution in [0.4, 0.5) is 0 Å². The Bertz CT molecular complexity index is 672. The molecule has 3 N–H and O–H groups in total. The normalized spacial score (nSPS) is 11.2. The summed E-state index contributed by atoms with van der Waals surface area (Å²) >= 11 is 0. The highest BCUT2D eigenvalue weighted by atomic mass is 16.3. The maximum Gasteiger partial charge on any atom is 0.336 e. The Morgan fingerprint density at radius 2 is 0.679 bits per heavy atom. The third-order valence-corrected chi connectivity index (χ3v) is 4.75. The summed E-state index contributed by atoms with van der Waals surface area (Å²) in [6, 6.07) is 0. The molecule has 1 heterocycles. The van der Waals surface area contributed by atoms with Gasteiger partial charge < -0.3 is 15.3 Å². The zero-order valence-corrected chi connectivity index (χ0v) is 16.7. The van der Waals surface area contributed by atoms with Crippen LogP contribution < -0.4 is 17.1 Å². The Hall–Kier alpha value is -1.71. The highest BCUT2D eigenvalue weighted by Gasteiger charge is 2.15. The van der Waals surface area contributed by atoms with Gasteiger partial charge in [-0.3, -0.25) is 0 Å². The van der Waals surface area contributed by atoms with Crippen LogP contribution in [0.5, 0.6) is 0 Å². The van der Waals surface area contributed by atoms with Gasteiger partial charge in [-0.15, -0.1) is 0 Å². The van der Waals surface area contributed by atoms with Gasteiger partial charge in [-0.1, -0.05) is 12.8 Å². The smallest absolute Gasteiger partial charge is 0.336 e. The molecule has 0 amide bonds. The highest BCUT2D eigenvalue weighted by molar-refractivity contribution is 4.79. The van der Waals surface area contributed by atoms with Crippen LogP contribution in [0.2, 0.25) is 0 Å². The quantitative estimate of drug-likeness (QED) is 0.336.